The van der Waals surface area contributed by atoms with Crippen LogP contribution < -0.4 is 10.2 Å². The number of rotatable bonds is 8. The van der Waals surface area contributed by atoms with Crippen LogP contribution in [0.4, 0.5) is 0 Å². The summed E-state index contributed by atoms with van der Waals surface area (Å²) in [7, 11) is 0. The van der Waals surface area contributed by atoms with E-state index >= 15 is 0 Å². The average Bonchev–Trinajstić information content (AvgIpc) is 3.11. The van der Waals surface area contributed by atoms with Gasteiger partial charge in [-0.1, -0.05) is 0 Å². The fourth-order valence-electron chi connectivity index (χ4n) is 6.25. The van der Waals surface area contributed by atoms with Crippen molar-refractivity contribution in [3.05, 3.63) is 52.2 Å². The quantitative estimate of drug-likeness (QED) is 0.105. The number of aliphatic hydroxyl groups excluding tert-OH is 10. The zero-order chi connectivity index (χ0) is 36.9. The van der Waals surface area contributed by atoms with Gasteiger partial charge in [0.1, 0.15) is 107 Å². The highest BCUT2D eigenvalue weighted by Crippen LogP contribution is 2.47. The zero-order valence-electron chi connectivity index (χ0n) is 26.4. The Morgan fingerprint density at radius 1 is 0.725 bits per heavy atom. The van der Waals surface area contributed by atoms with Crippen LogP contribution in [0.3, 0.4) is 0 Å². The van der Waals surface area contributed by atoms with Crippen LogP contribution in [0.2, 0.25) is 0 Å². The molecular weight excluding hydrogens is 688 g/mol. The summed E-state index contributed by atoms with van der Waals surface area (Å²) in [6.45, 7) is -2.26. The van der Waals surface area contributed by atoms with Crippen molar-refractivity contribution in [3.8, 4) is 28.6 Å². The van der Waals surface area contributed by atoms with Gasteiger partial charge in [-0.05, 0) is 24.3 Å². The third-order valence-electron chi connectivity index (χ3n) is 9.14. The van der Waals surface area contributed by atoms with Gasteiger partial charge in [-0.2, -0.15) is 0 Å². The van der Waals surface area contributed by atoms with Crippen LogP contribution in [0, 0.1) is 0 Å². The molecule has 3 aliphatic rings. The van der Waals surface area contributed by atoms with Crippen LogP contribution in [0.1, 0.15) is 11.7 Å². The fourth-order valence-corrected chi connectivity index (χ4v) is 6.25. The van der Waals surface area contributed by atoms with Gasteiger partial charge in [0.25, 0.3) is 0 Å². The van der Waals surface area contributed by atoms with Gasteiger partial charge in [-0.15, -0.1) is 0 Å². The first-order chi connectivity index (χ1) is 24.2. The van der Waals surface area contributed by atoms with Gasteiger partial charge in [-0.25, -0.2) is 0 Å². The van der Waals surface area contributed by atoms with Crippen molar-refractivity contribution in [3.63, 3.8) is 0 Å². The monoisotopic (exact) mass is 726 g/mol. The van der Waals surface area contributed by atoms with Crippen molar-refractivity contribution in [1.29, 1.82) is 0 Å². The van der Waals surface area contributed by atoms with Crippen molar-refractivity contribution >= 4 is 11.0 Å². The molecule has 19 nitrogen and oxygen atoms in total. The Labute approximate surface area is 286 Å². The van der Waals surface area contributed by atoms with E-state index in [2.05, 4.69) is 0 Å². The number of phenolic OH excluding ortho intramolecular Hbond substituents is 2. The molecule has 2 aromatic carbocycles. The fraction of sp³-hybridized carbons (Fsp3) is 0.531. The Morgan fingerprint density at radius 2 is 1.35 bits per heavy atom. The number of benzene rings is 2. The lowest BCUT2D eigenvalue weighted by Crippen LogP contribution is -2.60. The van der Waals surface area contributed by atoms with Crippen LogP contribution in [-0.4, -0.2) is 161 Å². The molecule has 3 aromatic rings. The molecule has 0 spiro atoms. The van der Waals surface area contributed by atoms with E-state index in [0.29, 0.717) is 5.56 Å². The van der Waals surface area contributed by atoms with E-state index in [0.717, 1.165) is 12.1 Å². The van der Waals surface area contributed by atoms with Gasteiger partial charge in [0.15, 0.2) is 11.7 Å². The molecule has 6 rings (SSSR count). The summed E-state index contributed by atoms with van der Waals surface area (Å²) in [6, 6.07) is 7.62. The molecule has 0 aliphatic carbocycles. The number of ether oxygens (including phenoxy) is 5. The number of aromatic hydroxyl groups is 2. The second-order valence-corrected chi connectivity index (χ2v) is 12.5. The summed E-state index contributed by atoms with van der Waals surface area (Å²) in [5.74, 6) is -1.56. The molecule has 0 saturated carbocycles. The Balaban J connectivity index is 1.52. The molecule has 12 N–H and O–H groups in total. The number of aliphatic hydroxyl groups is 10. The summed E-state index contributed by atoms with van der Waals surface area (Å²) >= 11 is 0. The molecule has 0 unspecified atom stereocenters. The molecule has 19 heteroatoms. The number of phenols is 2. The maximum absolute atomic E-state index is 13.6. The van der Waals surface area contributed by atoms with Crippen LogP contribution in [0.15, 0.2) is 45.6 Å². The van der Waals surface area contributed by atoms with Crippen LogP contribution >= 0.6 is 0 Å². The normalized spacial score (nSPS) is 37.4. The molecular formula is C32H38O19. The molecule has 4 heterocycles. The minimum absolute atomic E-state index is 0.0309. The third kappa shape index (κ3) is 6.90. The second-order valence-electron chi connectivity index (χ2n) is 12.5. The zero-order valence-corrected chi connectivity index (χ0v) is 26.4. The Bertz CT molecular complexity index is 1730. The van der Waals surface area contributed by atoms with Gasteiger partial charge >= 0.3 is 0 Å². The molecule has 3 saturated heterocycles. The predicted octanol–water partition coefficient (Wildman–Crippen LogP) is -3.97. The highest BCUT2D eigenvalue weighted by molar-refractivity contribution is 5.88. The first-order valence-corrected chi connectivity index (χ1v) is 15.8. The molecule has 0 radical (unpaired) electrons. The van der Waals surface area contributed by atoms with Gasteiger partial charge in [0.05, 0.1) is 25.4 Å². The van der Waals surface area contributed by atoms with Crippen LogP contribution in [0.25, 0.3) is 22.3 Å². The maximum atomic E-state index is 13.6. The summed E-state index contributed by atoms with van der Waals surface area (Å²) in [4.78, 5) is 13.6. The van der Waals surface area contributed by atoms with E-state index in [4.69, 9.17) is 28.1 Å². The molecule has 14 atom stereocenters. The molecule has 0 bridgehead atoms. The molecule has 3 aliphatic heterocycles. The van der Waals surface area contributed by atoms with E-state index in [1.807, 2.05) is 0 Å². The van der Waals surface area contributed by atoms with Crippen molar-refractivity contribution in [2.45, 2.75) is 85.8 Å². The van der Waals surface area contributed by atoms with Gasteiger partial charge < -0.3 is 89.4 Å². The summed E-state index contributed by atoms with van der Waals surface area (Å²) in [5, 5.41) is 125. The second kappa shape index (κ2) is 14.8. The first kappa shape index (κ1) is 37.3. The lowest BCUT2D eigenvalue weighted by atomic mass is 9.89. The molecule has 3 fully saturated rings. The number of fused-ring (bicyclic) bond motifs is 1. The largest absolute Gasteiger partial charge is 0.508 e. The molecule has 51 heavy (non-hydrogen) atoms. The maximum Gasteiger partial charge on any atom is 0.229 e. The Kier molecular flexibility index (Phi) is 10.8. The standard InChI is InChI=1S/C32H38O19/c33-7-17-23(40)26(43)30(51-31-27(44)21(38)13(37)9-46-31)29(48-17)20-16(49-32-28(45)25(42)22(39)18(8-34)50-32)6-15-19(24(20)41)12(36)5-14(47-15)10-1-3-11(35)4-2-10/h1-6,13,17-18,21-23,25-35,37-45H,7-9H2/t13-,17-,18-,21-,22-,23-,25+,26+,27-,28+,29+,30-,31-,32-/m1/s1. The van der Waals surface area contributed by atoms with Crippen LogP contribution in [-0.2, 0) is 18.9 Å². The molecule has 280 valence electrons. The molecule has 0 amide bonds. The smallest absolute Gasteiger partial charge is 0.229 e. The van der Waals surface area contributed by atoms with Crippen molar-refractivity contribution in [2.24, 2.45) is 0 Å². The van der Waals surface area contributed by atoms with E-state index < -0.39 is 134 Å². The molecule has 1 aromatic heterocycles. The Hall–Kier alpha value is -3.51. The van der Waals surface area contributed by atoms with Gasteiger partial charge in [0.2, 0.25) is 6.29 Å². The Morgan fingerprint density at radius 3 is 2.02 bits per heavy atom. The third-order valence-corrected chi connectivity index (χ3v) is 9.14. The lowest BCUT2D eigenvalue weighted by Gasteiger charge is -2.45. The van der Waals surface area contributed by atoms with Crippen molar-refractivity contribution < 1.29 is 89.4 Å². The average molecular weight is 727 g/mol. The lowest BCUT2D eigenvalue weighted by molar-refractivity contribution is -0.325. The van der Waals surface area contributed by atoms with Gasteiger partial charge in [0, 0.05) is 17.7 Å². The predicted molar refractivity (Wildman–Crippen MR) is 165 cm³/mol. The summed E-state index contributed by atoms with van der Waals surface area (Å²) < 4.78 is 34.3. The minimum atomic E-state index is -2.00. The topological polar surface area (TPSA) is 319 Å². The van der Waals surface area contributed by atoms with Crippen molar-refractivity contribution in [2.75, 3.05) is 19.8 Å². The van der Waals surface area contributed by atoms with Crippen molar-refractivity contribution in [1.82, 2.24) is 0 Å². The van der Waals surface area contributed by atoms with E-state index in [9.17, 15) is 66.1 Å². The summed E-state index contributed by atoms with van der Waals surface area (Å²) in [5.41, 5.74) is -1.36. The minimum Gasteiger partial charge on any atom is -0.508 e. The highest BCUT2D eigenvalue weighted by Gasteiger charge is 2.52. The number of hydrogen-bond acceptors (Lipinski definition) is 19. The summed E-state index contributed by atoms with van der Waals surface area (Å²) in [6.07, 6.45) is -25.1. The van der Waals surface area contributed by atoms with E-state index in [1.165, 1.54) is 24.3 Å². The van der Waals surface area contributed by atoms with E-state index in [1.54, 1.807) is 0 Å². The van der Waals surface area contributed by atoms with E-state index in [-0.39, 0.29) is 17.1 Å². The first-order valence-electron chi connectivity index (χ1n) is 15.8. The SMILES string of the molecule is O=c1cc(-c2ccc(O)cc2)oc2cc(O[C@@H]3O[C@H](CO)[C@@H](O)[C@H](O)[C@@H]3O)c([C@@H]3O[C@H](CO)[C@@H](O)[C@H](O)[C@H]3O[C@H]3OC[C@@H](O)[C@@H](O)[C@H]3O)c(O)c12. The van der Waals surface area contributed by atoms with Crippen LogP contribution in [0.5, 0.6) is 17.2 Å². The van der Waals surface area contributed by atoms with Gasteiger partial charge in [-0.3, -0.25) is 4.79 Å². The number of hydrogen-bond donors (Lipinski definition) is 12. The highest BCUT2D eigenvalue weighted by atomic mass is 16.7.